The Hall–Kier alpha value is -3.01. The van der Waals surface area contributed by atoms with Gasteiger partial charge in [-0.05, 0) is 18.2 Å². The first kappa shape index (κ1) is 20.7. The molecule has 1 saturated heterocycles. The highest BCUT2D eigenvalue weighted by Gasteiger charge is 2.26. The highest BCUT2D eigenvalue weighted by Crippen LogP contribution is 2.18. The van der Waals surface area contributed by atoms with E-state index >= 15 is 0 Å². The van der Waals surface area contributed by atoms with Gasteiger partial charge < -0.3 is 15.0 Å². The van der Waals surface area contributed by atoms with Crippen molar-refractivity contribution in [2.75, 3.05) is 46.4 Å². The van der Waals surface area contributed by atoms with E-state index in [0.29, 0.717) is 50.7 Å². The zero-order chi connectivity index (χ0) is 21.0. The molecule has 0 spiro atoms. The van der Waals surface area contributed by atoms with Crippen molar-refractivity contribution < 1.29 is 23.1 Å². The summed E-state index contributed by atoms with van der Waals surface area (Å²) >= 11 is 0. The van der Waals surface area contributed by atoms with E-state index in [4.69, 9.17) is 4.74 Å². The lowest BCUT2D eigenvalue weighted by molar-refractivity contribution is 0.0634. The van der Waals surface area contributed by atoms with E-state index in [0.717, 1.165) is 12.1 Å². The molecule has 1 N–H and O–H groups in total. The van der Waals surface area contributed by atoms with E-state index in [1.165, 1.54) is 17.9 Å². The number of benzene rings is 1. The largest absolute Gasteiger partial charge is 0.479 e. The number of ether oxygens (including phenoxy) is 1. The van der Waals surface area contributed by atoms with Crippen LogP contribution in [0.15, 0.2) is 24.4 Å². The van der Waals surface area contributed by atoms with Crippen molar-refractivity contribution in [1.82, 2.24) is 24.9 Å². The molecule has 2 amide bonds. The Kier molecular flexibility index (Phi) is 6.42. The van der Waals surface area contributed by atoms with E-state index in [-0.39, 0.29) is 11.5 Å². The van der Waals surface area contributed by atoms with Gasteiger partial charge in [0.2, 0.25) is 5.88 Å². The zero-order valence-corrected chi connectivity index (χ0v) is 16.3. The SMILES string of the molecule is COc1nn(C)cc1C(=O)N1CCN(CCNC(=O)c2ccc(F)c(F)c2)CC1. The third-order valence-electron chi connectivity index (χ3n) is 4.77. The smallest absolute Gasteiger partial charge is 0.261 e. The first-order chi connectivity index (χ1) is 13.9. The van der Waals surface area contributed by atoms with Gasteiger partial charge in [0, 0.05) is 58.1 Å². The lowest BCUT2D eigenvalue weighted by atomic mass is 10.2. The maximum absolute atomic E-state index is 13.2. The van der Waals surface area contributed by atoms with Gasteiger partial charge in [-0.3, -0.25) is 19.2 Å². The summed E-state index contributed by atoms with van der Waals surface area (Å²) in [5.41, 5.74) is 0.506. The maximum atomic E-state index is 13.2. The Morgan fingerprint density at radius 2 is 1.90 bits per heavy atom. The quantitative estimate of drug-likeness (QED) is 0.770. The molecule has 156 valence electrons. The molecule has 0 aliphatic carbocycles. The number of rotatable bonds is 6. The van der Waals surface area contributed by atoms with Crippen LogP contribution < -0.4 is 10.1 Å². The Bertz CT molecular complexity index is 894. The lowest BCUT2D eigenvalue weighted by Gasteiger charge is -2.34. The number of aryl methyl sites for hydroxylation is 1. The van der Waals surface area contributed by atoms with Crippen LogP contribution in [0.2, 0.25) is 0 Å². The number of methoxy groups -OCH3 is 1. The average molecular weight is 407 g/mol. The Balaban J connectivity index is 1.44. The van der Waals surface area contributed by atoms with Gasteiger partial charge in [0.15, 0.2) is 11.6 Å². The number of aromatic nitrogens is 2. The number of halogens is 2. The van der Waals surface area contributed by atoms with Crippen molar-refractivity contribution in [3.63, 3.8) is 0 Å². The number of hydrogen-bond donors (Lipinski definition) is 1. The van der Waals surface area contributed by atoms with Crippen LogP contribution in [-0.2, 0) is 7.05 Å². The van der Waals surface area contributed by atoms with Crippen LogP contribution in [-0.4, -0.2) is 77.8 Å². The van der Waals surface area contributed by atoms with Gasteiger partial charge in [0.1, 0.15) is 5.56 Å². The number of nitrogens with zero attached hydrogens (tertiary/aromatic N) is 4. The summed E-state index contributed by atoms with van der Waals surface area (Å²) in [5, 5.41) is 6.80. The number of nitrogens with one attached hydrogen (secondary N) is 1. The summed E-state index contributed by atoms with van der Waals surface area (Å²) in [6.45, 7) is 3.38. The first-order valence-electron chi connectivity index (χ1n) is 9.21. The molecule has 10 heteroatoms. The minimum atomic E-state index is -1.05. The van der Waals surface area contributed by atoms with Gasteiger partial charge in [-0.25, -0.2) is 8.78 Å². The molecule has 0 radical (unpaired) electrons. The second-order valence-electron chi connectivity index (χ2n) is 6.74. The molecule has 0 unspecified atom stereocenters. The van der Waals surface area contributed by atoms with E-state index in [2.05, 4.69) is 15.3 Å². The summed E-state index contributed by atoms with van der Waals surface area (Å²) in [7, 11) is 3.21. The normalized spacial score (nSPS) is 14.7. The van der Waals surface area contributed by atoms with Gasteiger partial charge in [-0.15, -0.1) is 5.10 Å². The first-order valence-corrected chi connectivity index (χ1v) is 9.21. The van der Waals surface area contributed by atoms with Gasteiger partial charge in [0.25, 0.3) is 11.8 Å². The van der Waals surface area contributed by atoms with Crippen LogP contribution in [0, 0.1) is 11.6 Å². The molecule has 0 saturated carbocycles. The summed E-state index contributed by atoms with van der Waals surface area (Å²) in [5.74, 6) is -2.32. The van der Waals surface area contributed by atoms with Crippen molar-refractivity contribution in [1.29, 1.82) is 0 Å². The van der Waals surface area contributed by atoms with Crippen LogP contribution in [0.5, 0.6) is 5.88 Å². The topological polar surface area (TPSA) is 79.7 Å². The molecule has 29 heavy (non-hydrogen) atoms. The van der Waals surface area contributed by atoms with Gasteiger partial charge >= 0.3 is 0 Å². The van der Waals surface area contributed by atoms with Gasteiger partial charge in [0.05, 0.1) is 7.11 Å². The minimum Gasteiger partial charge on any atom is -0.479 e. The molecule has 1 fully saturated rings. The molecular weight excluding hydrogens is 384 g/mol. The molecule has 1 aromatic heterocycles. The van der Waals surface area contributed by atoms with Crippen molar-refractivity contribution >= 4 is 11.8 Å². The molecule has 0 bridgehead atoms. The molecule has 1 aliphatic heterocycles. The highest BCUT2D eigenvalue weighted by atomic mass is 19.2. The summed E-state index contributed by atoms with van der Waals surface area (Å²) < 4.78 is 32.9. The third-order valence-corrected chi connectivity index (χ3v) is 4.77. The van der Waals surface area contributed by atoms with E-state index < -0.39 is 17.5 Å². The summed E-state index contributed by atoms with van der Waals surface area (Å²) in [4.78, 5) is 28.6. The number of hydrogen-bond acceptors (Lipinski definition) is 5. The van der Waals surface area contributed by atoms with Crippen molar-refractivity contribution in [3.05, 3.63) is 47.2 Å². The van der Waals surface area contributed by atoms with Crippen LogP contribution in [0.3, 0.4) is 0 Å². The van der Waals surface area contributed by atoms with Crippen LogP contribution in [0.4, 0.5) is 8.78 Å². The zero-order valence-electron chi connectivity index (χ0n) is 16.3. The van der Waals surface area contributed by atoms with Crippen LogP contribution in [0.1, 0.15) is 20.7 Å². The average Bonchev–Trinajstić information content (AvgIpc) is 3.10. The molecule has 8 nitrogen and oxygen atoms in total. The number of piperazine rings is 1. The van der Waals surface area contributed by atoms with Crippen molar-refractivity contribution in [2.45, 2.75) is 0 Å². The Labute approximate surface area is 167 Å². The van der Waals surface area contributed by atoms with Gasteiger partial charge in [-0.1, -0.05) is 0 Å². The second-order valence-corrected chi connectivity index (χ2v) is 6.74. The maximum Gasteiger partial charge on any atom is 0.261 e. The summed E-state index contributed by atoms with van der Waals surface area (Å²) in [6.07, 6.45) is 1.64. The molecule has 2 heterocycles. The standard InChI is InChI=1S/C19H23F2N5O3/c1-24-12-14(18(23-24)29-2)19(28)26-9-7-25(8-10-26)6-5-22-17(27)13-3-4-15(20)16(21)11-13/h3-4,11-12H,5-10H2,1-2H3,(H,22,27). The highest BCUT2D eigenvalue weighted by molar-refractivity contribution is 5.96. The fraction of sp³-hybridized carbons (Fsp3) is 0.421. The van der Waals surface area contributed by atoms with Gasteiger partial charge in [-0.2, -0.15) is 0 Å². The van der Waals surface area contributed by atoms with E-state index in [1.54, 1.807) is 18.1 Å². The lowest BCUT2D eigenvalue weighted by Crippen LogP contribution is -2.50. The summed E-state index contributed by atoms with van der Waals surface area (Å²) in [6, 6.07) is 3.05. The Morgan fingerprint density at radius 3 is 2.55 bits per heavy atom. The molecule has 3 rings (SSSR count). The molecule has 0 atom stereocenters. The van der Waals surface area contributed by atoms with Crippen LogP contribution in [0.25, 0.3) is 0 Å². The van der Waals surface area contributed by atoms with Crippen molar-refractivity contribution in [3.8, 4) is 5.88 Å². The van der Waals surface area contributed by atoms with Crippen molar-refractivity contribution in [2.24, 2.45) is 7.05 Å². The third kappa shape index (κ3) is 4.89. The fourth-order valence-corrected chi connectivity index (χ4v) is 3.18. The molecule has 2 aromatic rings. The molecule has 1 aromatic carbocycles. The number of carbonyl (C=O) groups excluding carboxylic acids is 2. The fourth-order valence-electron chi connectivity index (χ4n) is 3.18. The van der Waals surface area contributed by atoms with Crippen LogP contribution >= 0.6 is 0 Å². The number of carbonyl (C=O) groups is 2. The van der Waals surface area contributed by atoms with E-state index in [9.17, 15) is 18.4 Å². The monoisotopic (exact) mass is 407 g/mol. The molecular formula is C19H23F2N5O3. The minimum absolute atomic E-state index is 0.0738. The molecule has 1 aliphatic rings. The predicted molar refractivity (Wildman–Crippen MR) is 101 cm³/mol. The predicted octanol–water partition coefficient (Wildman–Crippen LogP) is 0.895. The second kappa shape index (κ2) is 8.99. The Morgan fingerprint density at radius 1 is 1.17 bits per heavy atom. The van der Waals surface area contributed by atoms with E-state index in [1.807, 2.05) is 0 Å². The number of amides is 2.